The highest BCUT2D eigenvalue weighted by molar-refractivity contribution is 9.11. The van der Waals surface area contributed by atoms with Gasteiger partial charge < -0.3 is 5.32 Å². The third-order valence-electron chi connectivity index (χ3n) is 2.69. The Morgan fingerprint density at radius 2 is 1.63 bits per heavy atom. The van der Waals surface area contributed by atoms with Crippen LogP contribution in [0, 0.1) is 11.6 Å². The van der Waals surface area contributed by atoms with Crippen molar-refractivity contribution < 1.29 is 8.78 Å². The lowest BCUT2D eigenvalue weighted by Gasteiger charge is -2.17. The van der Waals surface area contributed by atoms with Crippen molar-refractivity contribution >= 4 is 37.5 Å². The Morgan fingerprint density at radius 1 is 1.00 bits per heavy atom. The van der Waals surface area contributed by atoms with Crippen LogP contribution in [0.1, 0.15) is 18.5 Å². The molecule has 0 aliphatic heterocycles. The zero-order chi connectivity index (χ0) is 14.0. The highest BCUT2D eigenvalue weighted by atomic mass is 79.9. The Labute approximate surface area is 127 Å². The largest absolute Gasteiger partial charge is 0.378 e. The average Bonchev–Trinajstić information content (AvgIpc) is 2.32. The monoisotopic (exact) mass is 389 g/mol. The quantitative estimate of drug-likeness (QED) is 0.712. The van der Waals surface area contributed by atoms with Crippen LogP contribution in [0.25, 0.3) is 0 Å². The van der Waals surface area contributed by atoms with Crippen molar-refractivity contribution in [2.24, 2.45) is 0 Å². The zero-order valence-corrected chi connectivity index (χ0v) is 13.2. The Morgan fingerprint density at radius 3 is 2.26 bits per heavy atom. The summed E-state index contributed by atoms with van der Waals surface area (Å²) >= 11 is 6.81. The summed E-state index contributed by atoms with van der Waals surface area (Å²) in [6.45, 7) is 1.85. The summed E-state index contributed by atoms with van der Waals surface area (Å²) in [5, 5.41) is 3.21. The molecule has 5 heteroatoms. The molecule has 0 aliphatic rings. The minimum atomic E-state index is -0.572. The first-order chi connectivity index (χ1) is 8.95. The number of hydrogen-bond acceptors (Lipinski definition) is 1. The molecule has 0 aromatic heterocycles. The molecule has 100 valence electrons. The number of rotatable bonds is 3. The van der Waals surface area contributed by atoms with Crippen molar-refractivity contribution in [1.29, 1.82) is 0 Å². The predicted octanol–water partition coefficient (Wildman–Crippen LogP) is 5.66. The molecule has 2 aromatic rings. The van der Waals surface area contributed by atoms with Crippen molar-refractivity contribution in [3.05, 3.63) is 62.5 Å². The van der Waals surface area contributed by atoms with Crippen LogP contribution in [-0.4, -0.2) is 0 Å². The molecule has 0 fully saturated rings. The van der Waals surface area contributed by atoms with Crippen LogP contribution >= 0.6 is 31.9 Å². The van der Waals surface area contributed by atoms with Crippen LogP contribution < -0.4 is 5.32 Å². The molecule has 1 N–H and O–H groups in total. The van der Waals surface area contributed by atoms with E-state index in [1.165, 1.54) is 12.1 Å². The summed E-state index contributed by atoms with van der Waals surface area (Å²) in [4.78, 5) is 0. The highest BCUT2D eigenvalue weighted by Gasteiger charge is 2.10. The van der Waals surface area contributed by atoms with E-state index in [-0.39, 0.29) is 6.04 Å². The lowest BCUT2D eigenvalue weighted by Crippen LogP contribution is -2.08. The summed E-state index contributed by atoms with van der Waals surface area (Å²) in [7, 11) is 0. The lowest BCUT2D eigenvalue weighted by molar-refractivity contribution is 0.577. The first-order valence-corrected chi connectivity index (χ1v) is 7.22. The van der Waals surface area contributed by atoms with Crippen molar-refractivity contribution in [3.63, 3.8) is 0 Å². The molecule has 1 nitrogen and oxygen atoms in total. The topological polar surface area (TPSA) is 12.0 Å². The van der Waals surface area contributed by atoms with Gasteiger partial charge >= 0.3 is 0 Å². The van der Waals surface area contributed by atoms with E-state index in [9.17, 15) is 8.78 Å². The summed E-state index contributed by atoms with van der Waals surface area (Å²) in [6.07, 6.45) is 0. The fourth-order valence-electron chi connectivity index (χ4n) is 1.75. The van der Waals surface area contributed by atoms with Gasteiger partial charge in [0.15, 0.2) is 0 Å². The van der Waals surface area contributed by atoms with E-state index in [0.29, 0.717) is 5.56 Å². The van der Waals surface area contributed by atoms with Gasteiger partial charge in [0, 0.05) is 21.1 Å². The Hall–Kier alpha value is -0.940. The number of benzene rings is 2. The number of hydrogen-bond donors (Lipinski definition) is 1. The molecule has 1 atom stereocenters. The highest BCUT2D eigenvalue weighted by Crippen LogP contribution is 2.29. The van der Waals surface area contributed by atoms with Gasteiger partial charge in [0.25, 0.3) is 0 Å². The summed E-state index contributed by atoms with van der Waals surface area (Å²) in [5.74, 6) is -1.14. The van der Waals surface area contributed by atoms with Gasteiger partial charge in [-0.15, -0.1) is 0 Å². The van der Waals surface area contributed by atoms with Crippen LogP contribution in [0.3, 0.4) is 0 Å². The maximum atomic E-state index is 13.2. The molecule has 0 radical (unpaired) electrons. The molecule has 0 saturated carbocycles. The Bertz CT molecular complexity index is 582. The SMILES string of the molecule is CC(Nc1cc(Br)ccc1Br)c1cc(F)cc(F)c1. The minimum absolute atomic E-state index is 0.212. The van der Waals surface area contributed by atoms with E-state index in [1.807, 2.05) is 25.1 Å². The van der Waals surface area contributed by atoms with Crippen molar-refractivity contribution in [2.45, 2.75) is 13.0 Å². The van der Waals surface area contributed by atoms with E-state index in [1.54, 1.807) is 0 Å². The molecule has 1 unspecified atom stereocenters. The van der Waals surface area contributed by atoms with Crippen LogP contribution in [0.5, 0.6) is 0 Å². The summed E-state index contributed by atoms with van der Waals surface area (Å²) in [6, 6.07) is 9.00. The summed E-state index contributed by atoms with van der Waals surface area (Å²) < 4.78 is 28.2. The maximum Gasteiger partial charge on any atom is 0.126 e. The van der Waals surface area contributed by atoms with Crippen LogP contribution in [0.15, 0.2) is 45.3 Å². The van der Waals surface area contributed by atoms with Gasteiger partial charge in [-0.05, 0) is 58.7 Å². The fraction of sp³-hybridized carbons (Fsp3) is 0.143. The Balaban J connectivity index is 2.25. The number of anilines is 1. The molecule has 0 spiro atoms. The molecule has 0 amide bonds. The zero-order valence-electron chi connectivity index (χ0n) is 10.1. The third kappa shape index (κ3) is 3.76. The molecule has 2 aromatic carbocycles. The van der Waals surface area contributed by atoms with Crippen molar-refractivity contribution in [2.75, 3.05) is 5.32 Å². The molecule has 0 bridgehead atoms. The van der Waals surface area contributed by atoms with E-state index in [4.69, 9.17) is 0 Å². The number of halogens is 4. The van der Waals surface area contributed by atoms with Gasteiger partial charge in [-0.25, -0.2) is 8.78 Å². The standard InChI is InChI=1S/C14H11Br2F2N/c1-8(9-4-11(17)7-12(18)5-9)19-14-6-10(15)2-3-13(14)16/h2-8,19H,1H3. The van der Waals surface area contributed by atoms with Crippen molar-refractivity contribution in [3.8, 4) is 0 Å². The van der Waals surface area contributed by atoms with E-state index < -0.39 is 11.6 Å². The molecule has 0 aliphatic carbocycles. The molecule has 19 heavy (non-hydrogen) atoms. The fourth-order valence-corrected chi connectivity index (χ4v) is 2.47. The third-order valence-corrected chi connectivity index (χ3v) is 3.87. The van der Waals surface area contributed by atoms with Gasteiger partial charge in [-0.2, -0.15) is 0 Å². The molecular weight excluding hydrogens is 380 g/mol. The second kappa shape index (κ2) is 6.01. The first-order valence-electron chi connectivity index (χ1n) is 5.63. The predicted molar refractivity (Wildman–Crippen MR) is 80.2 cm³/mol. The van der Waals surface area contributed by atoms with Gasteiger partial charge in [-0.1, -0.05) is 15.9 Å². The average molecular weight is 391 g/mol. The van der Waals surface area contributed by atoms with Crippen LogP contribution in [-0.2, 0) is 0 Å². The van der Waals surface area contributed by atoms with E-state index in [2.05, 4.69) is 37.2 Å². The Kier molecular flexibility index (Phi) is 4.58. The van der Waals surface area contributed by atoms with Crippen molar-refractivity contribution in [1.82, 2.24) is 0 Å². The number of nitrogens with one attached hydrogen (secondary N) is 1. The first kappa shape index (κ1) is 14.5. The van der Waals surface area contributed by atoms with Crippen LogP contribution in [0.2, 0.25) is 0 Å². The van der Waals surface area contributed by atoms with Gasteiger partial charge in [0.2, 0.25) is 0 Å². The second-order valence-electron chi connectivity index (χ2n) is 4.19. The molecule has 2 rings (SSSR count). The minimum Gasteiger partial charge on any atom is -0.378 e. The maximum absolute atomic E-state index is 13.2. The molecule has 0 heterocycles. The lowest BCUT2D eigenvalue weighted by atomic mass is 10.1. The second-order valence-corrected chi connectivity index (χ2v) is 5.96. The van der Waals surface area contributed by atoms with Gasteiger partial charge in [0.1, 0.15) is 11.6 Å². The van der Waals surface area contributed by atoms with Gasteiger partial charge in [0.05, 0.1) is 5.69 Å². The molecular formula is C14H11Br2F2N. The summed E-state index contributed by atoms with van der Waals surface area (Å²) in [5.41, 5.74) is 1.41. The molecule has 0 saturated heterocycles. The van der Waals surface area contributed by atoms with Gasteiger partial charge in [-0.3, -0.25) is 0 Å². The van der Waals surface area contributed by atoms with Crippen LogP contribution in [0.4, 0.5) is 14.5 Å². The smallest absolute Gasteiger partial charge is 0.126 e. The van der Waals surface area contributed by atoms with E-state index >= 15 is 0 Å². The normalized spacial score (nSPS) is 12.3. The van der Waals surface area contributed by atoms with E-state index in [0.717, 1.165) is 20.7 Å².